The van der Waals surface area contributed by atoms with Crippen molar-refractivity contribution in [2.45, 2.75) is 37.6 Å². The fourth-order valence-electron chi connectivity index (χ4n) is 4.52. The number of nitrogens with one attached hydrogen (secondary N) is 1. The highest BCUT2D eigenvalue weighted by Crippen LogP contribution is 2.27. The smallest absolute Gasteiger partial charge is 0.193 e. The SMILES string of the molecule is CN=C(NCC(c1ccco1)N1CCCCC1)N1CCC(c2cnn(C)c2)C1.I. The molecule has 0 saturated carbocycles. The van der Waals surface area contributed by atoms with E-state index in [9.17, 15) is 0 Å². The van der Waals surface area contributed by atoms with E-state index in [4.69, 9.17) is 4.42 Å². The first-order valence-electron chi connectivity index (χ1n) is 10.5. The maximum Gasteiger partial charge on any atom is 0.193 e. The Balaban J connectivity index is 0.00000240. The third-order valence-corrected chi connectivity index (χ3v) is 6.05. The lowest BCUT2D eigenvalue weighted by molar-refractivity contribution is 0.146. The standard InChI is InChI=1S/C21H32N6O.HI/c1-22-21(27-11-8-17(16-27)18-13-24-25(2)15-18)23-14-19(20-7-6-12-28-20)26-9-4-3-5-10-26;/h6-7,12-13,15,17,19H,3-5,8-11,14,16H2,1-2H3,(H,22,23);1H. The van der Waals surface area contributed by atoms with E-state index in [1.807, 2.05) is 31.0 Å². The summed E-state index contributed by atoms with van der Waals surface area (Å²) in [5.74, 6) is 2.55. The molecule has 2 aliphatic rings. The van der Waals surface area contributed by atoms with Crippen molar-refractivity contribution in [2.75, 3.05) is 39.8 Å². The summed E-state index contributed by atoms with van der Waals surface area (Å²) in [5, 5.41) is 7.96. The van der Waals surface area contributed by atoms with Gasteiger partial charge in [0.25, 0.3) is 0 Å². The average molecular weight is 512 g/mol. The van der Waals surface area contributed by atoms with E-state index in [0.29, 0.717) is 5.92 Å². The molecule has 0 aromatic carbocycles. The molecule has 160 valence electrons. The summed E-state index contributed by atoms with van der Waals surface area (Å²) in [6, 6.07) is 4.33. The average Bonchev–Trinajstić information content (AvgIpc) is 3.48. The molecule has 0 amide bonds. The highest BCUT2D eigenvalue weighted by Gasteiger charge is 2.29. The molecule has 4 rings (SSSR count). The number of aromatic nitrogens is 2. The molecule has 2 aliphatic heterocycles. The zero-order chi connectivity index (χ0) is 19.3. The second-order valence-corrected chi connectivity index (χ2v) is 7.93. The van der Waals surface area contributed by atoms with Crippen LogP contribution in [-0.4, -0.2) is 65.3 Å². The number of rotatable bonds is 5. The minimum Gasteiger partial charge on any atom is -0.468 e. The minimum atomic E-state index is 0. The van der Waals surface area contributed by atoms with Crippen LogP contribution < -0.4 is 5.32 Å². The number of halogens is 1. The highest BCUT2D eigenvalue weighted by molar-refractivity contribution is 14.0. The van der Waals surface area contributed by atoms with Gasteiger partial charge < -0.3 is 14.6 Å². The molecular weight excluding hydrogens is 479 g/mol. The predicted molar refractivity (Wildman–Crippen MR) is 126 cm³/mol. The monoisotopic (exact) mass is 512 g/mol. The second kappa shape index (κ2) is 10.5. The largest absolute Gasteiger partial charge is 0.468 e. The summed E-state index contributed by atoms with van der Waals surface area (Å²) < 4.78 is 7.66. The van der Waals surface area contributed by atoms with Crippen LogP contribution in [0.25, 0.3) is 0 Å². The van der Waals surface area contributed by atoms with Gasteiger partial charge in [0.1, 0.15) is 5.76 Å². The van der Waals surface area contributed by atoms with Crippen molar-refractivity contribution in [1.82, 2.24) is 24.9 Å². The summed E-state index contributed by atoms with van der Waals surface area (Å²) in [6.07, 6.45) is 10.9. The van der Waals surface area contributed by atoms with E-state index < -0.39 is 0 Å². The van der Waals surface area contributed by atoms with Crippen LogP contribution in [0.5, 0.6) is 0 Å². The van der Waals surface area contributed by atoms with Crippen LogP contribution in [0.1, 0.15) is 49.0 Å². The normalized spacial score (nSPS) is 21.8. The number of aliphatic imine (C=N–C) groups is 1. The van der Waals surface area contributed by atoms with Crippen LogP contribution in [-0.2, 0) is 7.05 Å². The third-order valence-electron chi connectivity index (χ3n) is 6.05. The molecule has 0 bridgehead atoms. The molecule has 2 fully saturated rings. The molecule has 2 aromatic rings. The maximum absolute atomic E-state index is 5.77. The molecule has 0 aliphatic carbocycles. The topological polar surface area (TPSA) is 61.8 Å². The number of hydrogen-bond acceptors (Lipinski definition) is 4. The van der Waals surface area contributed by atoms with Crippen molar-refractivity contribution >= 4 is 29.9 Å². The predicted octanol–water partition coefficient (Wildman–Crippen LogP) is 3.22. The zero-order valence-electron chi connectivity index (χ0n) is 17.5. The van der Waals surface area contributed by atoms with Crippen molar-refractivity contribution < 1.29 is 4.42 Å². The van der Waals surface area contributed by atoms with Crippen LogP contribution in [0.2, 0.25) is 0 Å². The number of piperidine rings is 1. The van der Waals surface area contributed by atoms with E-state index >= 15 is 0 Å². The number of furan rings is 1. The Morgan fingerprint density at radius 2 is 2.14 bits per heavy atom. The van der Waals surface area contributed by atoms with Crippen LogP contribution in [0.4, 0.5) is 0 Å². The summed E-state index contributed by atoms with van der Waals surface area (Å²) in [4.78, 5) is 9.48. The highest BCUT2D eigenvalue weighted by atomic mass is 127. The van der Waals surface area contributed by atoms with Gasteiger partial charge in [-0.05, 0) is 50.0 Å². The van der Waals surface area contributed by atoms with Crippen LogP contribution in [0.15, 0.2) is 40.2 Å². The molecule has 4 heterocycles. The van der Waals surface area contributed by atoms with Crippen LogP contribution in [0, 0.1) is 0 Å². The van der Waals surface area contributed by atoms with E-state index in [1.165, 1.54) is 24.8 Å². The first kappa shape index (κ1) is 22.1. The third kappa shape index (κ3) is 5.33. The molecule has 2 saturated heterocycles. The van der Waals surface area contributed by atoms with Crippen LogP contribution >= 0.6 is 24.0 Å². The summed E-state index contributed by atoms with van der Waals surface area (Å²) in [6.45, 7) is 5.10. The van der Waals surface area contributed by atoms with E-state index in [0.717, 1.165) is 50.9 Å². The molecule has 8 heteroatoms. The van der Waals surface area contributed by atoms with Gasteiger partial charge in [-0.15, -0.1) is 24.0 Å². The van der Waals surface area contributed by atoms with Crippen molar-refractivity contribution in [3.05, 3.63) is 42.1 Å². The van der Waals surface area contributed by atoms with Gasteiger partial charge in [0.2, 0.25) is 0 Å². The van der Waals surface area contributed by atoms with Gasteiger partial charge in [0, 0.05) is 45.8 Å². The van der Waals surface area contributed by atoms with Crippen molar-refractivity contribution in [3.8, 4) is 0 Å². The molecule has 1 N–H and O–H groups in total. The Bertz CT molecular complexity index is 768. The lowest BCUT2D eigenvalue weighted by Gasteiger charge is -2.34. The molecule has 2 atom stereocenters. The molecule has 0 radical (unpaired) electrons. The summed E-state index contributed by atoms with van der Waals surface area (Å²) in [5.41, 5.74) is 1.32. The maximum atomic E-state index is 5.77. The van der Waals surface area contributed by atoms with Gasteiger partial charge in [-0.3, -0.25) is 14.6 Å². The molecule has 0 spiro atoms. The van der Waals surface area contributed by atoms with Crippen molar-refractivity contribution in [3.63, 3.8) is 0 Å². The first-order valence-corrected chi connectivity index (χ1v) is 10.5. The lowest BCUT2D eigenvalue weighted by Crippen LogP contribution is -2.45. The Labute approximate surface area is 190 Å². The van der Waals surface area contributed by atoms with Gasteiger partial charge in [0.15, 0.2) is 5.96 Å². The number of nitrogens with zero attached hydrogens (tertiary/aromatic N) is 5. The lowest BCUT2D eigenvalue weighted by atomic mass is 10.0. The fourth-order valence-corrected chi connectivity index (χ4v) is 4.52. The number of hydrogen-bond donors (Lipinski definition) is 1. The Kier molecular flexibility index (Phi) is 7.99. The Morgan fingerprint density at radius 1 is 1.31 bits per heavy atom. The zero-order valence-corrected chi connectivity index (χ0v) is 19.8. The second-order valence-electron chi connectivity index (χ2n) is 7.93. The van der Waals surface area contributed by atoms with Crippen LogP contribution in [0.3, 0.4) is 0 Å². The Hall–Kier alpha value is -1.55. The fraction of sp³-hybridized carbons (Fsp3) is 0.619. The van der Waals surface area contributed by atoms with Gasteiger partial charge in [-0.2, -0.15) is 5.10 Å². The first-order chi connectivity index (χ1) is 13.7. The number of guanidine groups is 1. The molecular formula is C21H33IN6O. The van der Waals surface area contributed by atoms with E-state index in [1.54, 1.807) is 6.26 Å². The van der Waals surface area contributed by atoms with Gasteiger partial charge in [-0.25, -0.2) is 0 Å². The summed E-state index contributed by atoms with van der Waals surface area (Å²) >= 11 is 0. The minimum absolute atomic E-state index is 0. The number of aryl methyl sites for hydroxylation is 1. The van der Waals surface area contributed by atoms with Crippen molar-refractivity contribution in [1.29, 1.82) is 0 Å². The summed E-state index contributed by atoms with van der Waals surface area (Å²) in [7, 11) is 3.86. The van der Waals surface area contributed by atoms with Gasteiger partial charge in [-0.1, -0.05) is 6.42 Å². The van der Waals surface area contributed by atoms with Crippen molar-refractivity contribution in [2.24, 2.45) is 12.0 Å². The molecule has 2 aromatic heterocycles. The van der Waals surface area contributed by atoms with E-state index in [2.05, 4.69) is 37.5 Å². The molecule has 29 heavy (non-hydrogen) atoms. The Morgan fingerprint density at radius 3 is 2.79 bits per heavy atom. The molecule has 7 nitrogen and oxygen atoms in total. The number of likely N-dealkylation sites (tertiary alicyclic amines) is 2. The van der Waals surface area contributed by atoms with Gasteiger partial charge >= 0.3 is 0 Å². The quantitative estimate of drug-likeness (QED) is 0.379. The van der Waals surface area contributed by atoms with E-state index in [-0.39, 0.29) is 30.0 Å². The molecule has 2 unspecified atom stereocenters. The van der Waals surface area contributed by atoms with Gasteiger partial charge in [0.05, 0.1) is 18.5 Å².